The number of sulfonamides is 1. The molecule has 0 unspecified atom stereocenters. The normalized spacial score (nSPS) is 13.2. The molecule has 1 N–H and O–H groups in total. The third-order valence-electron chi connectivity index (χ3n) is 6.84. The number of anilines is 1. The van der Waals surface area contributed by atoms with Crippen LogP contribution in [0, 0.1) is 0 Å². The Morgan fingerprint density at radius 3 is 2.36 bits per heavy atom. The van der Waals surface area contributed by atoms with Gasteiger partial charge in [-0.15, -0.1) is 0 Å². The van der Waals surface area contributed by atoms with Gasteiger partial charge in [0.15, 0.2) is 11.5 Å². The summed E-state index contributed by atoms with van der Waals surface area (Å²) >= 11 is 6.25. The lowest BCUT2D eigenvalue weighted by Crippen LogP contribution is -2.53. The summed E-state index contributed by atoms with van der Waals surface area (Å²) in [6, 6.07) is 20.3. The molecule has 0 fully saturated rings. The van der Waals surface area contributed by atoms with E-state index in [0.29, 0.717) is 41.8 Å². The lowest BCUT2D eigenvalue weighted by atomic mass is 10.0. The largest absolute Gasteiger partial charge is 0.486 e. The Morgan fingerprint density at radius 1 is 0.952 bits per heavy atom. The van der Waals surface area contributed by atoms with Crippen LogP contribution in [-0.4, -0.2) is 63.7 Å². The molecule has 0 saturated carbocycles. The molecular formula is C31H36ClN3O6S. The minimum absolute atomic E-state index is 0.0524. The molecule has 0 radical (unpaired) electrons. The molecule has 11 heteroatoms. The van der Waals surface area contributed by atoms with Gasteiger partial charge in [0.2, 0.25) is 21.8 Å². The van der Waals surface area contributed by atoms with Crippen LogP contribution in [0.25, 0.3) is 0 Å². The molecule has 1 atom stereocenters. The fraction of sp³-hybridized carbons (Fsp3) is 0.355. The van der Waals surface area contributed by atoms with Crippen LogP contribution in [0.3, 0.4) is 0 Å². The lowest BCUT2D eigenvalue weighted by molar-refractivity contribution is -0.140. The number of rotatable bonds is 13. The smallest absolute Gasteiger partial charge is 0.244 e. The van der Waals surface area contributed by atoms with Crippen LogP contribution < -0.4 is 19.1 Å². The maximum Gasteiger partial charge on any atom is 0.244 e. The van der Waals surface area contributed by atoms with E-state index in [4.69, 9.17) is 21.1 Å². The van der Waals surface area contributed by atoms with Gasteiger partial charge in [0.1, 0.15) is 25.8 Å². The predicted molar refractivity (Wildman–Crippen MR) is 163 cm³/mol. The van der Waals surface area contributed by atoms with E-state index in [2.05, 4.69) is 5.32 Å². The van der Waals surface area contributed by atoms with E-state index in [1.165, 1.54) is 4.90 Å². The molecule has 9 nitrogen and oxygen atoms in total. The molecule has 42 heavy (non-hydrogen) atoms. The van der Waals surface area contributed by atoms with Crippen molar-refractivity contribution in [1.82, 2.24) is 10.2 Å². The summed E-state index contributed by atoms with van der Waals surface area (Å²) in [4.78, 5) is 29.3. The number of nitrogens with one attached hydrogen (secondary N) is 1. The molecule has 3 aromatic carbocycles. The van der Waals surface area contributed by atoms with Crippen molar-refractivity contribution in [2.75, 3.05) is 36.9 Å². The van der Waals surface area contributed by atoms with E-state index in [1.54, 1.807) is 36.4 Å². The number of fused-ring (bicyclic) bond motifs is 1. The minimum atomic E-state index is -3.91. The second-order valence-corrected chi connectivity index (χ2v) is 12.4. The van der Waals surface area contributed by atoms with Gasteiger partial charge in [0, 0.05) is 30.6 Å². The van der Waals surface area contributed by atoms with Gasteiger partial charge in [-0.25, -0.2) is 8.42 Å². The number of halogens is 1. The first-order valence-corrected chi connectivity index (χ1v) is 16.1. The zero-order valence-electron chi connectivity index (χ0n) is 23.8. The Hall–Kier alpha value is -3.76. The minimum Gasteiger partial charge on any atom is -0.486 e. The van der Waals surface area contributed by atoms with Crippen LogP contribution in [0.1, 0.15) is 30.9 Å². The number of amides is 2. The van der Waals surface area contributed by atoms with Gasteiger partial charge in [0.25, 0.3) is 0 Å². The first kappa shape index (κ1) is 31.2. The number of hydrogen-bond acceptors (Lipinski definition) is 6. The maximum absolute atomic E-state index is 14.2. The van der Waals surface area contributed by atoms with E-state index in [1.807, 2.05) is 43.3 Å². The molecule has 0 aliphatic carbocycles. The fourth-order valence-electron chi connectivity index (χ4n) is 4.69. The Morgan fingerprint density at radius 2 is 1.67 bits per heavy atom. The van der Waals surface area contributed by atoms with Crippen molar-refractivity contribution in [2.45, 2.75) is 38.8 Å². The molecule has 3 aromatic rings. The molecule has 0 saturated heterocycles. The summed E-state index contributed by atoms with van der Waals surface area (Å²) < 4.78 is 38.3. The Labute approximate surface area is 252 Å². The van der Waals surface area contributed by atoms with Crippen LogP contribution >= 0.6 is 11.6 Å². The highest BCUT2D eigenvalue weighted by atomic mass is 35.5. The zero-order valence-corrected chi connectivity index (χ0v) is 25.4. The summed E-state index contributed by atoms with van der Waals surface area (Å²) in [6.45, 7) is 2.74. The Kier molecular flexibility index (Phi) is 10.7. The van der Waals surface area contributed by atoms with Crippen LogP contribution in [0.2, 0.25) is 5.02 Å². The highest BCUT2D eigenvalue weighted by molar-refractivity contribution is 7.92. The molecular weight excluding hydrogens is 578 g/mol. The van der Waals surface area contributed by atoms with Crippen LogP contribution in [0.5, 0.6) is 11.5 Å². The van der Waals surface area contributed by atoms with Crippen molar-refractivity contribution in [3.8, 4) is 11.5 Å². The van der Waals surface area contributed by atoms with E-state index < -0.39 is 28.5 Å². The standard InChI is InChI=1S/C31H36ClN3O6S/c1-3-4-15-33-31(37)27(19-23-9-6-5-7-10-23)34(21-24-11-8-12-25(32)18-24)30(36)22-35(42(2,38)39)26-13-14-28-29(20-26)41-17-16-40-28/h5-14,18,20,27H,3-4,15-17,19,21-22H2,1-2H3,(H,33,37)/t27-/m0/s1. The Bertz CT molecular complexity index is 1480. The number of carbonyl (C=O) groups is 2. The Balaban J connectivity index is 1.71. The van der Waals surface area contributed by atoms with Crippen molar-refractivity contribution < 1.29 is 27.5 Å². The lowest BCUT2D eigenvalue weighted by Gasteiger charge is -2.33. The van der Waals surface area contributed by atoms with Crippen molar-refractivity contribution in [1.29, 1.82) is 0 Å². The molecule has 0 spiro atoms. The topological polar surface area (TPSA) is 105 Å². The highest BCUT2D eigenvalue weighted by Gasteiger charge is 2.33. The van der Waals surface area contributed by atoms with E-state index >= 15 is 0 Å². The average Bonchev–Trinajstić information content (AvgIpc) is 2.97. The van der Waals surface area contributed by atoms with Crippen LogP contribution in [-0.2, 0) is 32.6 Å². The molecule has 224 valence electrons. The number of hydrogen-bond donors (Lipinski definition) is 1. The molecule has 2 amide bonds. The molecule has 1 heterocycles. The van der Waals surface area contributed by atoms with Crippen molar-refractivity contribution in [2.24, 2.45) is 0 Å². The van der Waals surface area contributed by atoms with E-state index in [0.717, 1.165) is 29.0 Å². The summed E-state index contributed by atoms with van der Waals surface area (Å²) in [5.74, 6) is 0.0432. The summed E-state index contributed by atoms with van der Waals surface area (Å²) in [6.07, 6.45) is 2.97. The van der Waals surface area contributed by atoms with Gasteiger partial charge >= 0.3 is 0 Å². The van der Waals surface area contributed by atoms with Gasteiger partial charge in [-0.2, -0.15) is 0 Å². The van der Waals surface area contributed by atoms with Crippen molar-refractivity contribution in [3.05, 3.63) is 88.9 Å². The maximum atomic E-state index is 14.2. The number of benzene rings is 3. The quantitative estimate of drug-likeness (QED) is 0.286. The molecule has 0 aromatic heterocycles. The zero-order chi connectivity index (χ0) is 30.1. The second kappa shape index (κ2) is 14.4. The first-order valence-electron chi connectivity index (χ1n) is 13.9. The van der Waals surface area contributed by atoms with Crippen molar-refractivity contribution in [3.63, 3.8) is 0 Å². The number of carbonyl (C=O) groups excluding carboxylic acids is 2. The average molecular weight is 614 g/mol. The third kappa shape index (κ3) is 8.39. The monoisotopic (exact) mass is 613 g/mol. The van der Waals surface area contributed by atoms with Gasteiger partial charge in [-0.1, -0.05) is 67.4 Å². The van der Waals surface area contributed by atoms with Gasteiger partial charge in [0.05, 0.1) is 11.9 Å². The van der Waals surface area contributed by atoms with Gasteiger partial charge in [-0.3, -0.25) is 13.9 Å². The summed E-state index contributed by atoms with van der Waals surface area (Å²) in [5.41, 5.74) is 1.83. The number of nitrogens with zero attached hydrogens (tertiary/aromatic N) is 2. The first-order chi connectivity index (χ1) is 20.2. The predicted octanol–water partition coefficient (Wildman–Crippen LogP) is 4.43. The molecule has 0 bridgehead atoms. The second-order valence-electron chi connectivity index (χ2n) is 10.1. The van der Waals surface area contributed by atoms with E-state index in [-0.39, 0.29) is 24.6 Å². The fourth-order valence-corrected chi connectivity index (χ4v) is 5.75. The van der Waals surface area contributed by atoms with Crippen LogP contribution in [0.4, 0.5) is 5.69 Å². The molecule has 1 aliphatic heterocycles. The SMILES string of the molecule is CCCCNC(=O)[C@H](Cc1ccccc1)N(Cc1cccc(Cl)c1)C(=O)CN(c1ccc2c(c1)OCCO2)S(C)(=O)=O. The number of unbranched alkanes of at least 4 members (excludes halogenated alkanes) is 1. The highest BCUT2D eigenvalue weighted by Crippen LogP contribution is 2.35. The summed E-state index contributed by atoms with van der Waals surface area (Å²) in [7, 11) is -3.91. The van der Waals surface area contributed by atoms with Crippen molar-refractivity contribution >= 4 is 39.1 Å². The van der Waals surface area contributed by atoms with Crippen LogP contribution in [0.15, 0.2) is 72.8 Å². The summed E-state index contributed by atoms with van der Waals surface area (Å²) in [5, 5.41) is 3.45. The number of ether oxygens (including phenoxy) is 2. The van der Waals surface area contributed by atoms with Gasteiger partial charge < -0.3 is 19.7 Å². The third-order valence-corrected chi connectivity index (χ3v) is 8.21. The molecule has 4 rings (SSSR count). The van der Waals surface area contributed by atoms with E-state index in [9.17, 15) is 18.0 Å². The molecule has 1 aliphatic rings. The van der Waals surface area contributed by atoms with Gasteiger partial charge in [-0.05, 0) is 41.8 Å².